The highest BCUT2D eigenvalue weighted by molar-refractivity contribution is 5.76. The molecule has 4 heteroatoms. The lowest BCUT2D eigenvalue weighted by Crippen LogP contribution is -2.23. The lowest BCUT2D eigenvalue weighted by Gasteiger charge is -2.09. The Kier molecular flexibility index (Phi) is 4.77. The van der Waals surface area contributed by atoms with Gasteiger partial charge in [-0.25, -0.2) is 4.98 Å². The molecule has 1 amide bonds. The zero-order chi connectivity index (χ0) is 13.7. The van der Waals surface area contributed by atoms with Crippen molar-refractivity contribution in [3.05, 3.63) is 23.9 Å². The van der Waals surface area contributed by atoms with Gasteiger partial charge in [0.2, 0.25) is 11.8 Å². The second kappa shape index (κ2) is 6.55. The number of nitrogens with zero attached hydrogens (tertiary/aromatic N) is 1. The van der Waals surface area contributed by atoms with Crippen molar-refractivity contribution in [1.29, 1.82) is 0 Å². The molecule has 2 rings (SSSR count). The van der Waals surface area contributed by atoms with Crippen molar-refractivity contribution in [2.24, 2.45) is 11.8 Å². The molecule has 0 unspecified atom stereocenters. The maximum absolute atomic E-state index is 11.6. The summed E-state index contributed by atoms with van der Waals surface area (Å²) in [6, 6.07) is 3.80. The van der Waals surface area contributed by atoms with Gasteiger partial charge in [-0.2, -0.15) is 0 Å². The van der Waals surface area contributed by atoms with Crippen LogP contribution in [-0.4, -0.2) is 17.5 Å². The first-order valence-corrected chi connectivity index (χ1v) is 6.98. The molecule has 1 fully saturated rings. The van der Waals surface area contributed by atoms with Gasteiger partial charge in [0.25, 0.3) is 0 Å². The molecule has 19 heavy (non-hydrogen) atoms. The van der Waals surface area contributed by atoms with Crippen LogP contribution in [0.4, 0.5) is 0 Å². The molecular formula is C15H22N2O2. The van der Waals surface area contributed by atoms with Gasteiger partial charge in [0.15, 0.2) is 0 Å². The maximum Gasteiger partial charge on any atom is 0.220 e. The average Bonchev–Trinajstić information content (AvgIpc) is 3.18. The fourth-order valence-corrected chi connectivity index (χ4v) is 1.77. The summed E-state index contributed by atoms with van der Waals surface area (Å²) in [7, 11) is 0. The van der Waals surface area contributed by atoms with Gasteiger partial charge in [-0.3, -0.25) is 4.79 Å². The predicted octanol–water partition coefficient (Wildman–Crippen LogP) is 2.53. The molecule has 0 aromatic carbocycles. The summed E-state index contributed by atoms with van der Waals surface area (Å²) < 4.78 is 5.62. The molecule has 1 aromatic heterocycles. The summed E-state index contributed by atoms with van der Waals surface area (Å²) in [6.45, 7) is 5.37. The van der Waals surface area contributed by atoms with Crippen molar-refractivity contribution in [3.63, 3.8) is 0 Å². The van der Waals surface area contributed by atoms with Crippen molar-refractivity contribution in [1.82, 2.24) is 10.3 Å². The first-order chi connectivity index (χ1) is 9.13. The standard InChI is InChI=1S/C15H22N2O2/c1-11(2)7-14(18)17-9-13-5-6-16-15(8-13)19-10-12-3-4-12/h5-6,8,11-12H,3-4,7,9-10H2,1-2H3,(H,17,18). The van der Waals surface area contributed by atoms with Crippen LogP contribution in [0.15, 0.2) is 18.3 Å². The molecule has 1 aliphatic rings. The smallest absolute Gasteiger partial charge is 0.220 e. The maximum atomic E-state index is 11.6. The second-order valence-corrected chi connectivity index (χ2v) is 5.63. The van der Waals surface area contributed by atoms with E-state index in [1.807, 2.05) is 26.0 Å². The molecule has 104 valence electrons. The van der Waals surface area contributed by atoms with E-state index < -0.39 is 0 Å². The molecule has 0 aliphatic heterocycles. The van der Waals surface area contributed by atoms with Crippen LogP contribution in [0.5, 0.6) is 5.88 Å². The number of hydrogen-bond donors (Lipinski definition) is 1. The Morgan fingerprint density at radius 2 is 2.32 bits per heavy atom. The van der Waals surface area contributed by atoms with Crippen LogP contribution in [0.3, 0.4) is 0 Å². The summed E-state index contributed by atoms with van der Waals surface area (Å²) >= 11 is 0. The Morgan fingerprint density at radius 1 is 1.53 bits per heavy atom. The Hall–Kier alpha value is -1.58. The van der Waals surface area contributed by atoms with E-state index >= 15 is 0 Å². The third-order valence-corrected chi connectivity index (χ3v) is 3.05. The van der Waals surface area contributed by atoms with Gasteiger partial charge in [-0.05, 0) is 36.3 Å². The van der Waals surface area contributed by atoms with E-state index in [9.17, 15) is 4.79 Å². The van der Waals surface area contributed by atoms with Crippen LogP contribution in [0.1, 0.15) is 38.7 Å². The number of carbonyl (C=O) groups excluding carboxylic acids is 1. The predicted molar refractivity (Wildman–Crippen MR) is 73.8 cm³/mol. The van der Waals surface area contributed by atoms with E-state index in [-0.39, 0.29) is 5.91 Å². The minimum Gasteiger partial charge on any atom is -0.477 e. The number of aromatic nitrogens is 1. The van der Waals surface area contributed by atoms with Gasteiger partial charge < -0.3 is 10.1 Å². The van der Waals surface area contributed by atoms with E-state index in [4.69, 9.17) is 4.74 Å². The summed E-state index contributed by atoms with van der Waals surface area (Å²) in [4.78, 5) is 15.8. The van der Waals surface area contributed by atoms with Crippen LogP contribution in [0.25, 0.3) is 0 Å². The number of pyridine rings is 1. The van der Waals surface area contributed by atoms with Crippen LogP contribution < -0.4 is 10.1 Å². The SMILES string of the molecule is CC(C)CC(=O)NCc1ccnc(OCC2CC2)c1. The summed E-state index contributed by atoms with van der Waals surface area (Å²) in [5, 5.41) is 2.91. The van der Waals surface area contributed by atoms with Crippen LogP contribution >= 0.6 is 0 Å². The van der Waals surface area contributed by atoms with Gasteiger partial charge in [0.05, 0.1) is 6.61 Å². The minimum atomic E-state index is 0.0901. The van der Waals surface area contributed by atoms with Crippen molar-refractivity contribution >= 4 is 5.91 Å². The number of ether oxygens (including phenoxy) is 1. The lowest BCUT2D eigenvalue weighted by atomic mass is 10.1. The number of carbonyl (C=O) groups is 1. The Labute approximate surface area is 114 Å². The minimum absolute atomic E-state index is 0.0901. The van der Waals surface area contributed by atoms with Gasteiger partial charge in [-0.1, -0.05) is 13.8 Å². The highest BCUT2D eigenvalue weighted by Crippen LogP contribution is 2.29. The Balaban J connectivity index is 1.78. The van der Waals surface area contributed by atoms with E-state index in [1.54, 1.807) is 6.20 Å². The van der Waals surface area contributed by atoms with E-state index in [0.29, 0.717) is 24.8 Å². The molecule has 1 saturated carbocycles. The van der Waals surface area contributed by atoms with Crippen molar-refractivity contribution < 1.29 is 9.53 Å². The highest BCUT2D eigenvalue weighted by atomic mass is 16.5. The molecule has 0 spiro atoms. The second-order valence-electron chi connectivity index (χ2n) is 5.63. The van der Waals surface area contributed by atoms with Crippen molar-refractivity contribution in [2.45, 2.75) is 39.7 Å². The molecule has 1 aliphatic carbocycles. The summed E-state index contributed by atoms with van der Waals surface area (Å²) in [5.74, 6) is 1.85. The number of nitrogens with one attached hydrogen (secondary N) is 1. The van der Waals surface area contributed by atoms with E-state index in [2.05, 4.69) is 10.3 Å². The lowest BCUT2D eigenvalue weighted by molar-refractivity contribution is -0.121. The quantitative estimate of drug-likeness (QED) is 0.821. The first-order valence-electron chi connectivity index (χ1n) is 6.98. The van der Waals surface area contributed by atoms with Gasteiger partial charge in [-0.15, -0.1) is 0 Å². The van der Waals surface area contributed by atoms with Gasteiger partial charge >= 0.3 is 0 Å². The fraction of sp³-hybridized carbons (Fsp3) is 0.600. The average molecular weight is 262 g/mol. The van der Waals surface area contributed by atoms with E-state index in [1.165, 1.54) is 12.8 Å². The third-order valence-electron chi connectivity index (χ3n) is 3.05. The molecule has 4 nitrogen and oxygen atoms in total. The van der Waals surface area contributed by atoms with Crippen molar-refractivity contribution in [3.8, 4) is 5.88 Å². The largest absolute Gasteiger partial charge is 0.477 e. The molecular weight excluding hydrogens is 240 g/mol. The molecule has 0 radical (unpaired) electrons. The third kappa shape index (κ3) is 5.28. The van der Waals surface area contributed by atoms with Crippen molar-refractivity contribution in [2.75, 3.05) is 6.61 Å². The summed E-state index contributed by atoms with van der Waals surface area (Å²) in [6.07, 6.45) is 4.83. The van der Waals surface area contributed by atoms with Gasteiger partial charge in [0.1, 0.15) is 0 Å². The van der Waals surface area contributed by atoms with Crippen LogP contribution in [0.2, 0.25) is 0 Å². The molecule has 1 heterocycles. The zero-order valence-corrected chi connectivity index (χ0v) is 11.7. The Bertz CT molecular complexity index is 428. The van der Waals surface area contributed by atoms with E-state index in [0.717, 1.165) is 18.1 Å². The number of amides is 1. The molecule has 0 bridgehead atoms. The first kappa shape index (κ1) is 13.8. The highest BCUT2D eigenvalue weighted by Gasteiger charge is 2.22. The van der Waals surface area contributed by atoms with Crippen LogP contribution in [-0.2, 0) is 11.3 Å². The number of rotatable bonds is 7. The zero-order valence-electron chi connectivity index (χ0n) is 11.7. The monoisotopic (exact) mass is 262 g/mol. The Morgan fingerprint density at radius 3 is 3.00 bits per heavy atom. The fourth-order valence-electron chi connectivity index (χ4n) is 1.77. The molecule has 1 aromatic rings. The molecule has 1 N–H and O–H groups in total. The van der Waals surface area contributed by atoms with Gasteiger partial charge in [0, 0.05) is 25.2 Å². The topological polar surface area (TPSA) is 51.2 Å². The molecule has 0 atom stereocenters. The summed E-state index contributed by atoms with van der Waals surface area (Å²) in [5.41, 5.74) is 1.03. The molecule has 0 saturated heterocycles. The normalized spacial score (nSPS) is 14.5. The number of hydrogen-bond acceptors (Lipinski definition) is 3. The van der Waals surface area contributed by atoms with Crippen LogP contribution in [0, 0.1) is 11.8 Å².